The number of benzene rings is 3. The number of amides is 3. The number of nitrogens with one attached hydrogen (secondary N) is 2. The van der Waals surface area contributed by atoms with Gasteiger partial charge in [0.25, 0.3) is 5.56 Å². The average Bonchev–Trinajstić information content (AvgIpc) is 3.91. The van der Waals surface area contributed by atoms with Crippen LogP contribution in [-0.2, 0) is 23.2 Å². The molecule has 5 aromatic rings. The summed E-state index contributed by atoms with van der Waals surface area (Å²) in [5.74, 6) is 0.0507. The van der Waals surface area contributed by atoms with E-state index in [4.69, 9.17) is 5.10 Å². The fraction of sp³-hybridized carbons (Fsp3) is 0.478. The van der Waals surface area contributed by atoms with Crippen LogP contribution >= 0.6 is 0 Å². The number of nitrogens with zero attached hydrogens (tertiary/aromatic N) is 6. The van der Waals surface area contributed by atoms with Crippen molar-refractivity contribution in [3.05, 3.63) is 112 Å². The summed E-state index contributed by atoms with van der Waals surface area (Å²) < 4.78 is 2.10. The number of H-pyrrole nitrogens is 1. The van der Waals surface area contributed by atoms with E-state index in [0.717, 1.165) is 84.1 Å². The fourth-order valence-electron chi connectivity index (χ4n) is 9.85. The number of piperazine rings is 1. The zero-order chi connectivity index (χ0) is 39.1. The van der Waals surface area contributed by atoms with E-state index in [1.807, 2.05) is 40.1 Å². The van der Waals surface area contributed by atoms with E-state index in [1.54, 1.807) is 0 Å². The highest BCUT2D eigenvalue weighted by Crippen LogP contribution is 2.49. The Bertz CT molecular complexity index is 2290. The van der Waals surface area contributed by atoms with Gasteiger partial charge in [-0.3, -0.25) is 19.2 Å². The Kier molecular flexibility index (Phi) is 10.4. The lowest BCUT2D eigenvalue weighted by Gasteiger charge is -2.43. The molecule has 1 atom stereocenters. The summed E-state index contributed by atoms with van der Waals surface area (Å²) in [4.78, 5) is 53.4. The van der Waals surface area contributed by atoms with Crippen molar-refractivity contribution in [2.45, 2.75) is 81.8 Å². The molecule has 298 valence electrons. The Hall–Kier alpha value is -5.00. The number of para-hydroxylation sites is 1. The van der Waals surface area contributed by atoms with Crippen LogP contribution in [0.3, 0.4) is 0 Å². The average molecular weight is 769 g/mol. The van der Waals surface area contributed by atoms with Crippen molar-refractivity contribution in [1.82, 2.24) is 39.7 Å². The molecular formula is C46H56N8O3. The number of pyridine rings is 1. The minimum atomic E-state index is -0.701. The Morgan fingerprint density at radius 3 is 2.30 bits per heavy atom. The highest BCUT2D eigenvalue weighted by atomic mass is 16.2. The summed E-state index contributed by atoms with van der Waals surface area (Å²) in [6, 6.07) is 24.6. The van der Waals surface area contributed by atoms with Crippen LogP contribution in [0.2, 0.25) is 0 Å². The number of carbonyl (C=O) groups is 2. The van der Waals surface area contributed by atoms with Gasteiger partial charge in [0.1, 0.15) is 6.04 Å². The zero-order valence-electron chi connectivity index (χ0n) is 33.5. The van der Waals surface area contributed by atoms with Crippen molar-refractivity contribution in [3.8, 4) is 0 Å². The Morgan fingerprint density at radius 2 is 1.56 bits per heavy atom. The molecule has 0 spiro atoms. The maximum atomic E-state index is 14.5. The summed E-state index contributed by atoms with van der Waals surface area (Å²) in [5.41, 5.74) is 6.13. The van der Waals surface area contributed by atoms with Crippen molar-refractivity contribution in [3.63, 3.8) is 0 Å². The quantitative estimate of drug-likeness (QED) is 0.201. The zero-order valence-corrected chi connectivity index (χ0v) is 33.5. The number of urea groups is 1. The molecule has 4 aliphatic rings. The van der Waals surface area contributed by atoms with E-state index < -0.39 is 6.04 Å². The molecule has 0 unspecified atom stereocenters. The number of aryl methyl sites for hydroxylation is 1. The molecule has 3 amide bonds. The van der Waals surface area contributed by atoms with Gasteiger partial charge in [-0.1, -0.05) is 54.6 Å². The molecule has 11 nitrogen and oxygen atoms in total. The minimum absolute atomic E-state index is 0.0176. The number of piperidine rings is 2. The van der Waals surface area contributed by atoms with E-state index in [2.05, 4.69) is 87.4 Å². The molecule has 9 rings (SSSR count). The van der Waals surface area contributed by atoms with Gasteiger partial charge in [0.15, 0.2) is 0 Å². The molecule has 57 heavy (non-hydrogen) atoms. The topological polar surface area (TPSA) is 110 Å². The van der Waals surface area contributed by atoms with Crippen molar-refractivity contribution in [2.75, 3.05) is 59.4 Å². The van der Waals surface area contributed by atoms with Crippen LogP contribution < -0.4 is 10.9 Å². The Labute approximate surface area is 335 Å². The molecule has 1 saturated carbocycles. The van der Waals surface area contributed by atoms with E-state index in [0.29, 0.717) is 51.5 Å². The van der Waals surface area contributed by atoms with Gasteiger partial charge in [-0.25, -0.2) is 4.79 Å². The van der Waals surface area contributed by atoms with Crippen molar-refractivity contribution in [1.29, 1.82) is 0 Å². The normalized spacial score (nSPS) is 20.2. The molecule has 11 heteroatoms. The molecule has 3 saturated heterocycles. The minimum Gasteiger partial charge on any atom is -0.338 e. The van der Waals surface area contributed by atoms with Gasteiger partial charge in [0.2, 0.25) is 5.91 Å². The second-order valence-electron chi connectivity index (χ2n) is 17.3. The number of aromatic nitrogens is 3. The van der Waals surface area contributed by atoms with Gasteiger partial charge >= 0.3 is 6.03 Å². The van der Waals surface area contributed by atoms with Gasteiger partial charge < -0.3 is 25.0 Å². The summed E-state index contributed by atoms with van der Waals surface area (Å²) in [6.07, 6.45) is 8.59. The molecule has 3 aromatic carbocycles. The first-order valence-corrected chi connectivity index (χ1v) is 21.1. The molecule has 0 radical (unpaired) electrons. The standard InChI is InChI=1S/C46H56N8O3/c1-32-26-33(27-36-30-54(49-42(32)36)31-46(16-17-46)37-9-4-3-5-10-37)28-41(44(56)52-24-22-51(23-25-52)38-14-18-50(2)19-15-38)48-45(57)53-20-12-34(13-21-53)39-29-35-8-6-7-11-40(35)47-43(39)55/h3-11,26-27,29-30,34,38,41H,12-25,28,31H2,1-2H3,(H,47,55)(H,48,57)/t41-/m1/s1. The van der Waals surface area contributed by atoms with Gasteiger partial charge in [-0.05, 0) is 112 Å². The van der Waals surface area contributed by atoms with Gasteiger partial charge in [0, 0.05) is 79.8 Å². The predicted molar refractivity (Wildman–Crippen MR) is 225 cm³/mol. The van der Waals surface area contributed by atoms with Crippen LogP contribution in [-0.4, -0.2) is 118 Å². The fourth-order valence-corrected chi connectivity index (χ4v) is 9.85. The lowest BCUT2D eigenvalue weighted by Crippen LogP contribution is -2.59. The Balaban J connectivity index is 0.908. The lowest BCUT2D eigenvalue weighted by atomic mass is 9.89. The second-order valence-corrected chi connectivity index (χ2v) is 17.3. The summed E-state index contributed by atoms with van der Waals surface area (Å²) >= 11 is 0. The number of hydrogen-bond donors (Lipinski definition) is 2. The summed E-state index contributed by atoms with van der Waals surface area (Å²) in [7, 11) is 2.19. The third-order valence-electron chi connectivity index (χ3n) is 13.5. The van der Waals surface area contributed by atoms with Crippen LogP contribution in [0.1, 0.15) is 66.7 Å². The molecule has 0 bridgehead atoms. The van der Waals surface area contributed by atoms with Crippen LogP contribution in [0.5, 0.6) is 0 Å². The lowest BCUT2D eigenvalue weighted by molar-refractivity contribution is -0.135. The number of likely N-dealkylation sites (tertiary alicyclic amines) is 2. The maximum absolute atomic E-state index is 14.5. The maximum Gasteiger partial charge on any atom is 0.318 e. The van der Waals surface area contributed by atoms with Crippen molar-refractivity contribution >= 4 is 33.7 Å². The molecule has 2 aromatic heterocycles. The van der Waals surface area contributed by atoms with E-state index in [9.17, 15) is 14.4 Å². The van der Waals surface area contributed by atoms with Crippen LogP contribution in [0.15, 0.2) is 83.8 Å². The number of rotatable bonds is 9. The second kappa shape index (κ2) is 15.7. The molecule has 4 fully saturated rings. The van der Waals surface area contributed by atoms with E-state index >= 15 is 0 Å². The highest BCUT2D eigenvalue weighted by molar-refractivity contribution is 5.88. The van der Waals surface area contributed by atoms with Crippen LogP contribution in [0, 0.1) is 6.92 Å². The first kappa shape index (κ1) is 37.6. The van der Waals surface area contributed by atoms with Gasteiger partial charge in [-0.15, -0.1) is 0 Å². The number of hydrogen-bond acceptors (Lipinski definition) is 6. The SMILES string of the molecule is Cc1cc(C[C@@H](NC(=O)N2CCC(c3cc4ccccc4[nH]c3=O)CC2)C(=O)N2CCN(C3CCN(C)CC3)CC2)cc2cn(CC3(c4ccccc4)CC3)nc12. The third-order valence-corrected chi connectivity index (χ3v) is 13.5. The first-order chi connectivity index (χ1) is 27.7. The van der Waals surface area contributed by atoms with Crippen LogP contribution in [0.25, 0.3) is 21.8 Å². The van der Waals surface area contributed by atoms with Crippen molar-refractivity contribution < 1.29 is 9.59 Å². The van der Waals surface area contributed by atoms with E-state index in [1.165, 1.54) is 18.4 Å². The van der Waals surface area contributed by atoms with Gasteiger partial charge in [-0.2, -0.15) is 5.10 Å². The molecule has 5 heterocycles. The molecule has 1 aliphatic carbocycles. The smallest absolute Gasteiger partial charge is 0.318 e. The summed E-state index contributed by atoms with van der Waals surface area (Å²) in [5, 5.41) is 10.3. The predicted octanol–water partition coefficient (Wildman–Crippen LogP) is 5.66. The van der Waals surface area contributed by atoms with Crippen molar-refractivity contribution in [2.24, 2.45) is 0 Å². The monoisotopic (exact) mass is 768 g/mol. The van der Waals surface area contributed by atoms with Crippen LogP contribution in [0.4, 0.5) is 4.79 Å². The third kappa shape index (κ3) is 7.96. The van der Waals surface area contributed by atoms with Gasteiger partial charge in [0.05, 0.1) is 12.1 Å². The number of fused-ring (bicyclic) bond motifs is 2. The number of carbonyl (C=O) groups excluding carboxylic acids is 2. The molecule has 3 aliphatic heterocycles. The first-order valence-electron chi connectivity index (χ1n) is 21.1. The Morgan fingerprint density at radius 1 is 0.842 bits per heavy atom. The molecule has 2 N–H and O–H groups in total. The summed E-state index contributed by atoms with van der Waals surface area (Å²) in [6.45, 7) is 9.25. The highest BCUT2D eigenvalue weighted by Gasteiger charge is 2.44. The molecular weight excluding hydrogens is 713 g/mol. The number of aromatic amines is 1. The van der Waals surface area contributed by atoms with E-state index in [-0.39, 0.29) is 28.8 Å². The largest absolute Gasteiger partial charge is 0.338 e.